The standard InChI is InChI=1S/C16H17NO2/c1-19-16(18)12-17-15-9-5-8-14(11-15)10-13-6-3-2-4-7-13/h2-9,11,17H,10,12H2,1H3. The number of nitrogens with one attached hydrogen (secondary N) is 1. The third kappa shape index (κ3) is 4.14. The largest absolute Gasteiger partial charge is 0.468 e. The van der Waals surface area contributed by atoms with Gasteiger partial charge in [0.05, 0.1) is 7.11 Å². The van der Waals surface area contributed by atoms with Crippen LogP contribution in [-0.2, 0) is 16.0 Å². The summed E-state index contributed by atoms with van der Waals surface area (Å²) in [4.78, 5) is 11.1. The van der Waals surface area contributed by atoms with Crippen molar-refractivity contribution in [3.63, 3.8) is 0 Å². The van der Waals surface area contributed by atoms with E-state index in [4.69, 9.17) is 0 Å². The smallest absolute Gasteiger partial charge is 0.325 e. The van der Waals surface area contributed by atoms with Gasteiger partial charge in [0.15, 0.2) is 0 Å². The van der Waals surface area contributed by atoms with E-state index in [2.05, 4.69) is 34.3 Å². The lowest BCUT2D eigenvalue weighted by atomic mass is 10.0. The molecule has 0 aliphatic heterocycles. The highest BCUT2D eigenvalue weighted by Gasteiger charge is 2.01. The zero-order valence-corrected chi connectivity index (χ0v) is 10.9. The summed E-state index contributed by atoms with van der Waals surface area (Å²) in [5.41, 5.74) is 3.41. The molecule has 3 nitrogen and oxygen atoms in total. The summed E-state index contributed by atoms with van der Waals surface area (Å²) >= 11 is 0. The van der Waals surface area contributed by atoms with E-state index in [0.717, 1.165) is 12.1 Å². The number of carbonyl (C=O) groups is 1. The van der Waals surface area contributed by atoms with Gasteiger partial charge in [-0.3, -0.25) is 4.79 Å². The van der Waals surface area contributed by atoms with Crippen molar-refractivity contribution in [1.82, 2.24) is 0 Å². The van der Waals surface area contributed by atoms with E-state index in [1.54, 1.807) is 0 Å². The molecule has 3 heteroatoms. The number of methoxy groups -OCH3 is 1. The molecule has 0 heterocycles. The van der Waals surface area contributed by atoms with E-state index in [9.17, 15) is 4.79 Å². The number of rotatable bonds is 5. The maximum absolute atomic E-state index is 11.1. The molecule has 2 rings (SSSR count). The molecule has 0 spiro atoms. The van der Waals surface area contributed by atoms with Crippen LogP contribution in [0.1, 0.15) is 11.1 Å². The van der Waals surface area contributed by atoms with Crippen molar-refractivity contribution < 1.29 is 9.53 Å². The fourth-order valence-corrected chi connectivity index (χ4v) is 1.87. The van der Waals surface area contributed by atoms with Crippen molar-refractivity contribution in [3.05, 3.63) is 65.7 Å². The Balaban J connectivity index is 2.01. The van der Waals surface area contributed by atoms with E-state index in [-0.39, 0.29) is 12.5 Å². The number of esters is 1. The highest BCUT2D eigenvalue weighted by molar-refractivity contribution is 5.74. The van der Waals surface area contributed by atoms with Gasteiger partial charge in [-0.2, -0.15) is 0 Å². The maximum Gasteiger partial charge on any atom is 0.325 e. The zero-order chi connectivity index (χ0) is 13.5. The lowest BCUT2D eigenvalue weighted by molar-refractivity contribution is -0.138. The van der Waals surface area contributed by atoms with Crippen molar-refractivity contribution in [2.75, 3.05) is 19.0 Å². The van der Waals surface area contributed by atoms with Gasteiger partial charge in [0.25, 0.3) is 0 Å². The molecule has 1 N–H and O–H groups in total. The van der Waals surface area contributed by atoms with E-state index >= 15 is 0 Å². The van der Waals surface area contributed by atoms with Gasteiger partial charge in [-0.25, -0.2) is 0 Å². The van der Waals surface area contributed by atoms with Crippen molar-refractivity contribution >= 4 is 11.7 Å². The SMILES string of the molecule is COC(=O)CNc1cccc(Cc2ccccc2)c1. The van der Waals surface area contributed by atoms with Crippen LogP contribution in [0.25, 0.3) is 0 Å². The van der Waals surface area contributed by atoms with Crippen molar-refractivity contribution in [3.8, 4) is 0 Å². The van der Waals surface area contributed by atoms with Crippen LogP contribution in [0.2, 0.25) is 0 Å². The fourth-order valence-electron chi connectivity index (χ4n) is 1.87. The van der Waals surface area contributed by atoms with Gasteiger partial charge in [0, 0.05) is 5.69 Å². The quantitative estimate of drug-likeness (QED) is 0.835. The van der Waals surface area contributed by atoms with Crippen molar-refractivity contribution in [2.45, 2.75) is 6.42 Å². The van der Waals surface area contributed by atoms with Gasteiger partial charge < -0.3 is 10.1 Å². The van der Waals surface area contributed by atoms with E-state index in [1.807, 2.05) is 30.3 Å². The predicted molar refractivity (Wildman–Crippen MR) is 76.2 cm³/mol. The summed E-state index contributed by atoms with van der Waals surface area (Å²) in [6.07, 6.45) is 0.884. The Morgan fingerprint density at radius 2 is 1.79 bits per heavy atom. The van der Waals surface area contributed by atoms with Crippen molar-refractivity contribution in [2.24, 2.45) is 0 Å². The molecule has 19 heavy (non-hydrogen) atoms. The minimum absolute atomic E-state index is 0.186. The minimum atomic E-state index is -0.270. The maximum atomic E-state index is 11.1. The summed E-state index contributed by atoms with van der Waals surface area (Å²) in [5, 5.41) is 3.05. The van der Waals surface area contributed by atoms with Crippen LogP contribution in [0.5, 0.6) is 0 Å². The normalized spacial score (nSPS) is 9.95. The molecular formula is C16H17NO2. The molecule has 0 aliphatic rings. The highest BCUT2D eigenvalue weighted by atomic mass is 16.5. The van der Waals surface area contributed by atoms with Crippen LogP contribution in [0.15, 0.2) is 54.6 Å². The molecule has 0 atom stereocenters. The Bertz CT molecular complexity index is 537. The minimum Gasteiger partial charge on any atom is -0.468 e. The van der Waals surface area contributed by atoms with Gasteiger partial charge in [0.2, 0.25) is 0 Å². The van der Waals surface area contributed by atoms with E-state index in [1.165, 1.54) is 18.2 Å². The molecular weight excluding hydrogens is 238 g/mol. The number of hydrogen-bond acceptors (Lipinski definition) is 3. The Morgan fingerprint density at radius 3 is 2.53 bits per heavy atom. The topological polar surface area (TPSA) is 38.3 Å². The Kier molecular flexibility index (Phi) is 4.56. The second kappa shape index (κ2) is 6.59. The summed E-state index contributed by atoms with van der Waals surface area (Å²) in [5.74, 6) is -0.270. The summed E-state index contributed by atoms with van der Waals surface area (Å²) in [6, 6.07) is 18.4. The van der Waals surface area contributed by atoms with Crippen LogP contribution < -0.4 is 5.32 Å². The summed E-state index contributed by atoms with van der Waals surface area (Å²) < 4.78 is 4.60. The van der Waals surface area contributed by atoms with Gasteiger partial charge in [-0.05, 0) is 29.7 Å². The fraction of sp³-hybridized carbons (Fsp3) is 0.188. The van der Waals surface area contributed by atoms with Crippen LogP contribution in [0.4, 0.5) is 5.69 Å². The van der Waals surface area contributed by atoms with Gasteiger partial charge in [0.1, 0.15) is 6.54 Å². The first-order valence-corrected chi connectivity index (χ1v) is 6.21. The molecule has 0 radical (unpaired) electrons. The Labute approximate surface area is 113 Å². The molecule has 98 valence electrons. The average molecular weight is 255 g/mol. The molecule has 2 aromatic carbocycles. The van der Waals surface area contributed by atoms with Gasteiger partial charge in [-0.15, -0.1) is 0 Å². The lowest BCUT2D eigenvalue weighted by Gasteiger charge is -2.07. The number of ether oxygens (including phenoxy) is 1. The van der Waals surface area contributed by atoms with Gasteiger partial charge >= 0.3 is 5.97 Å². The molecule has 2 aromatic rings. The molecule has 0 aromatic heterocycles. The van der Waals surface area contributed by atoms with E-state index < -0.39 is 0 Å². The third-order valence-corrected chi connectivity index (χ3v) is 2.84. The predicted octanol–water partition coefficient (Wildman–Crippen LogP) is 2.86. The second-order valence-corrected chi connectivity index (χ2v) is 4.29. The first-order chi connectivity index (χ1) is 9.28. The molecule has 0 amide bonds. The third-order valence-electron chi connectivity index (χ3n) is 2.84. The highest BCUT2D eigenvalue weighted by Crippen LogP contribution is 2.14. The molecule has 0 fully saturated rings. The first kappa shape index (κ1) is 13.1. The second-order valence-electron chi connectivity index (χ2n) is 4.29. The van der Waals surface area contributed by atoms with Crippen LogP contribution in [0.3, 0.4) is 0 Å². The zero-order valence-electron chi connectivity index (χ0n) is 10.9. The molecule has 0 aliphatic carbocycles. The summed E-state index contributed by atoms with van der Waals surface area (Å²) in [7, 11) is 1.38. The summed E-state index contributed by atoms with van der Waals surface area (Å²) in [6.45, 7) is 0.186. The van der Waals surface area contributed by atoms with Crippen LogP contribution in [0, 0.1) is 0 Å². The number of hydrogen-bond donors (Lipinski definition) is 1. The monoisotopic (exact) mass is 255 g/mol. The van der Waals surface area contributed by atoms with Crippen molar-refractivity contribution in [1.29, 1.82) is 0 Å². The van der Waals surface area contributed by atoms with E-state index in [0.29, 0.717) is 0 Å². The average Bonchev–Trinajstić information content (AvgIpc) is 2.46. The molecule has 0 unspecified atom stereocenters. The van der Waals surface area contributed by atoms with Gasteiger partial charge in [-0.1, -0.05) is 42.5 Å². The number of benzene rings is 2. The van der Waals surface area contributed by atoms with Crippen LogP contribution >= 0.6 is 0 Å². The molecule has 0 bridgehead atoms. The van der Waals surface area contributed by atoms with Crippen LogP contribution in [-0.4, -0.2) is 19.6 Å². The Morgan fingerprint density at radius 1 is 1.05 bits per heavy atom. The first-order valence-electron chi connectivity index (χ1n) is 6.21. The number of carbonyl (C=O) groups excluding carboxylic acids is 1. The lowest BCUT2D eigenvalue weighted by Crippen LogP contribution is -2.14. The molecule has 0 saturated carbocycles. The number of anilines is 1. The molecule has 0 saturated heterocycles. The Hall–Kier alpha value is -2.29.